The first kappa shape index (κ1) is 15.7. The molecule has 1 aliphatic heterocycles. The molecular weight excluding hydrogens is 373 g/mol. The zero-order valence-electron chi connectivity index (χ0n) is 10.3. The van der Waals surface area contributed by atoms with Gasteiger partial charge in [0.25, 0.3) is 0 Å². The highest BCUT2D eigenvalue weighted by atomic mass is 79.9. The quantitative estimate of drug-likeness (QED) is 0.861. The Morgan fingerprint density at radius 2 is 1.85 bits per heavy atom. The standard InChI is InChI=1S/C11H13BrFNO4S2/c12-8-1-2-11(10(13)7-8)14-20(17,18)9-3-5-19(15,16)6-4-9/h1-2,7,9,14H,3-6H2. The molecule has 2 rings (SSSR count). The van der Waals surface area contributed by atoms with Gasteiger partial charge in [-0.15, -0.1) is 0 Å². The fraction of sp³-hybridized carbons (Fsp3) is 0.455. The number of rotatable bonds is 3. The van der Waals surface area contributed by atoms with Crippen molar-refractivity contribution in [3.8, 4) is 0 Å². The smallest absolute Gasteiger partial charge is 0.235 e. The van der Waals surface area contributed by atoms with Gasteiger partial charge in [-0.1, -0.05) is 15.9 Å². The molecule has 1 aromatic carbocycles. The fourth-order valence-electron chi connectivity index (χ4n) is 1.99. The van der Waals surface area contributed by atoms with Crippen LogP contribution in [0.3, 0.4) is 0 Å². The maximum absolute atomic E-state index is 13.6. The highest BCUT2D eigenvalue weighted by Gasteiger charge is 2.33. The highest BCUT2D eigenvalue weighted by Crippen LogP contribution is 2.24. The zero-order chi connectivity index (χ0) is 15.0. The summed E-state index contributed by atoms with van der Waals surface area (Å²) in [4.78, 5) is 0. The number of hydrogen-bond donors (Lipinski definition) is 1. The Kier molecular flexibility index (Phi) is 4.41. The van der Waals surface area contributed by atoms with Crippen LogP contribution in [0.4, 0.5) is 10.1 Å². The molecule has 5 nitrogen and oxygen atoms in total. The Morgan fingerprint density at radius 1 is 1.25 bits per heavy atom. The SMILES string of the molecule is O=S1(=O)CCC(S(=O)(=O)Nc2ccc(Br)cc2F)CC1. The lowest BCUT2D eigenvalue weighted by molar-refractivity contribution is 0.555. The van der Waals surface area contributed by atoms with Gasteiger partial charge in [0, 0.05) is 4.47 Å². The van der Waals surface area contributed by atoms with Crippen LogP contribution in [0.5, 0.6) is 0 Å². The van der Waals surface area contributed by atoms with Crippen LogP contribution in [0.15, 0.2) is 22.7 Å². The fourth-order valence-corrected chi connectivity index (χ4v) is 5.61. The molecule has 0 bridgehead atoms. The van der Waals surface area contributed by atoms with E-state index in [1.54, 1.807) is 0 Å². The van der Waals surface area contributed by atoms with Crippen LogP contribution in [0, 0.1) is 5.82 Å². The summed E-state index contributed by atoms with van der Waals surface area (Å²) in [6.45, 7) is 0. The summed E-state index contributed by atoms with van der Waals surface area (Å²) in [5.41, 5.74) is -0.137. The summed E-state index contributed by atoms with van der Waals surface area (Å²) in [5, 5.41) is -0.811. The van der Waals surface area contributed by atoms with Gasteiger partial charge < -0.3 is 0 Å². The monoisotopic (exact) mass is 385 g/mol. The first-order chi connectivity index (χ1) is 9.20. The van der Waals surface area contributed by atoms with Crippen molar-refractivity contribution in [3.05, 3.63) is 28.5 Å². The molecule has 20 heavy (non-hydrogen) atoms. The predicted molar refractivity (Wildman–Crippen MR) is 78.3 cm³/mol. The van der Waals surface area contributed by atoms with Crippen molar-refractivity contribution in [2.24, 2.45) is 0 Å². The van der Waals surface area contributed by atoms with Crippen molar-refractivity contribution < 1.29 is 21.2 Å². The van der Waals surface area contributed by atoms with Gasteiger partial charge >= 0.3 is 0 Å². The molecular formula is C11H13BrFNO4S2. The molecule has 0 spiro atoms. The molecule has 0 saturated carbocycles. The van der Waals surface area contributed by atoms with E-state index in [1.165, 1.54) is 12.1 Å². The van der Waals surface area contributed by atoms with Crippen LogP contribution in [-0.2, 0) is 19.9 Å². The van der Waals surface area contributed by atoms with Crippen molar-refractivity contribution in [3.63, 3.8) is 0 Å². The summed E-state index contributed by atoms with van der Waals surface area (Å²) in [5.74, 6) is -0.991. The van der Waals surface area contributed by atoms with Crippen molar-refractivity contribution >= 4 is 41.5 Å². The molecule has 0 radical (unpaired) electrons. The summed E-state index contributed by atoms with van der Waals surface area (Å²) in [6.07, 6.45) is 0.0750. The van der Waals surface area contributed by atoms with Gasteiger partial charge in [0.2, 0.25) is 10.0 Å². The number of nitrogens with one attached hydrogen (secondary N) is 1. The molecule has 1 fully saturated rings. The minimum atomic E-state index is -3.79. The van der Waals surface area contributed by atoms with E-state index in [1.807, 2.05) is 0 Å². The second-order valence-corrected chi connectivity index (χ2v) is 9.80. The number of sulfone groups is 1. The molecule has 0 unspecified atom stereocenters. The molecule has 0 aliphatic carbocycles. The molecule has 1 N–H and O–H groups in total. The average Bonchev–Trinajstić information content (AvgIpc) is 2.32. The van der Waals surface area contributed by atoms with Crippen LogP contribution in [0.2, 0.25) is 0 Å². The van der Waals surface area contributed by atoms with Crippen LogP contribution in [0.1, 0.15) is 12.8 Å². The molecule has 112 valence electrons. The lowest BCUT2D eigenvalue weighted by Crippen LogP contribution is -2.36. The van der Waals surface area contributed by atoms with Crippen molar-refractivity contribution in [1.29, 1.82) is 0 Å². The number of benzene rings is 1. The van der Waals surface area contributed by atoms with Gasteiger partial charge in [-0.25, -0.2) is 21.2 Å². The van der Waals surface area contributed by atoms with Crippen LogP contribution in [0.25, 0.3) is 0 Å². The Hall–Kier alpha value is -0.670. The predicted octanol–water partition coefficient (Wildman–Crippen LogP) is 1.91. The van der Waals surface area contributed by atoms with Crippen LogP contribution >= 0.6 is 15.9 Å². The van der Waals surface area contributed by atoms with E-state index < -0.39 is 30.9 Å². The molecule has 1 aliphatic rings. The second kappa shape index (κ2) is 5.61. The molecule has 0 aromatic heterocycles. The van der Waals surface area contributed by atoms with Gasteiger partial charge in [-0.3, -0.25) is 4.72 Å². The average molecular weight is 386 g/mol. The van der Waals surface area contributed by atoms with E-state index in [-0.39, 0.29) is 30.0 Å². The Balaban J connectivity index is 2.16. The molecule has 1 heterocycles. The third-order valence-electron chi connectivity index (χ3n) is 3.12. The van der Waals surface area contributed by atoms with E-state index in [9.17, 15) is 21.2 Å². The largest absolute Gasteiger partial charge is 0.280 e. The topological polar surface area (TPSA) is 80.3 Å². The van der Waals surface area contributed by atoms with Gasteiger partial charge in [0.05, 0.1) is 22.4 Å². The van der Waals surface area contributed by atoms with E-state index in [2.05, 4.69) is 20.7 Å². The molecule has 0 amide bonds. The lowest BCUT2D eigenvalue weighted by atomic mass is 10.2. The van der Waals surface area contributed by atoms with Crippen molar-refractivity contribution in [1.82, 2.24) is 0 Å². The molecule has 1 aromatic rings. The summed E-state index contributed by atoms with van der Waals surface area (Å²) in [6, 6.07) is 3.99. The van der Waals surface area contributed by atoms with E-state index in [0.717, 1.165) is 6.07 Å². The van der Waals surface area contributed by atoms with Crippen molar-refractivity contribution in [2.45, 2.75) is 18.1 Å². The Labute approximate surface area is 125 Å². The minimum absolute atomic E-state index is 0.0375. The molecule has 1 saturated heterocycles. The third-order valence-corrected chi connectivity index (χ3v) is 7.19. The number of anilines is 1. The highest BCUT2D eigenvalue weighted by molar-refractivity contribution is 9.10. The third kappa shape index (κ3) is 3.70. The first-order valence-corrected chi connectivity index (χ1v) is 10.0. The van der Waals surface area contributed by atoms with Gasteiger partial charge in [-0.2, -0.15) is 0 Å². The minimum Gasteiger partial charge on any atom is -0.280 e. The van der Waals surface area contributed by atoms with E-state index in [0.29, 0.717) is 4.47 Å². The van der Waals surface area contributed by atoms with Gasteiger partial charge in [-0.05, 0) is 31.0 Å². The van der Waals surface area contributed by atoms with Crippen molar-refractivity contribution in [2.75, 3.05) is 16.2 Å². The zero-order valence-corrected chi connectivity index (χ0v) is 13.6. The van der Waals surface area contributed by atoms with E-state index in [4.69, 9.17) is 0 Å². The lowest BCUT2D eigenvalue weighted by Gasteiger charge is -2.22. The first-order valence-electron chi connectivity index (χ1n) is 5.87. The van der Waals surface area contributed by atoms with Crippen LogP contribution in [-0.4, -0.2) is 33.6 Å². The Bertz CT molecular complexity index is 704. The summed E-state index contributed by atoms with van der Waals surface area (Å²) >= 11 is 3.08. The molecule has 0 atom stereocenters. The maximum Gasteiger partial charge on any atom is 0.235 e. The summed E-state index contributed by atoms with van der Waals surface area (Å²) in [7, 11) is -6.93. The second-order valence-electron chi connectivity index (χ2n) is 4.62. The number of hydrogen-bond acceptors (Lipinski definition) is 4. The van der Waals surface area contributed by atoms with E-state index >= 15 is 0 Å². The van der Waals surface area contributed by atoms with Gasteiger partial charge in [0.1, 0.15) is 15.7 Å². The summed E-state index contributed by atoms with van der Waals surface area (Å²) < 4.78 is 63.1. The molecule has 9 heteroatoms. The van der Waals surface area contributed by atoms with Crippen LogP contribution < -0.4 is 4.72 Å². The normalized spacial score (nSPS) is 19.7. The number of sulfonamides is 1. The Morgan fingerprint density at radius 3 is 2.40 bits per heavy atom. The maximum atomic E-state index is 13.6. The number of halogens is 2. The van der Waals surface area contributed by atoms with Gasteiger partial charge in [0.15, 0.2) is 0 Å².